The maximum Gasteiger partial charge on any atom is 0.146 e. The average molecular weight is 267 g/mol. The smallest absolute Gasteiger partial charge is 0.146 e. The van der Waals surface area contributed by atoms with E-state index in [0.717, 1.165) is 16.3 Å². The molecule has 0 spiro atoms. The summed E-state index contributed by atoms with van der Waals surface area (Å²) in [6.07, 6.45) is 3.44. The molecule has 20 heavy (non-hydrogen) atoms. The van der Waals surface area contributed by atoms with Crippen molar-refractivity contribution < 1.29 is 4.39 Å². The second-order valence-electron chi connectivity index (χ2n) is 4.73. The molecule has 0 amide bonds. The van der Waals surface area contributed by atoms with E-state index >= 15 is 0 Å². The van der Waals surface area contributed by atoms with Gasteiger partial charge in [0, 0.05) is 23.2 Å². The monoisotopic (exact) mass is 267 g/mol. The number of anilines is 3. The molecule has 0 aliphatic rings. The molecule has 3 nitrogen and oxygen atoms in total. The summed E-state index contributed by atoms with van der Waals surface area (Å²) in [7, 11) is 0. The number of aromatic nitrogens is 1. The Bertz CT molecular complexity index is 784. The molecule has 3 N–H and O–H groups in total. The Kier molecular flexibility index (Phi) is 2.99. The van der Waals surface area contributed by atoms with Gasteiger partial charge in [-0.3, -0.25) is 4.98 Å². The second-order valence-corrected chi connectivity index (χ2v) is 4.73. The van der Waals surface area contributed by atoms with Gasteiger partial charge in [-0.15, -0.1) is 0 Å². The van der Waals surface area contributed by atoms with E-state index in [2.05, 4.69) is 10.3 Å². The number of halogens is 1. The molecule has 0 saturated carbocycles. The summed E-state index contributed by atoms with van der Waals surface area (Å²) in [4.78, 5) is 4.06. The Hall–Kier alpha value is -2.62. The van der Waals surface area contributed by atoms with E-state index < -0.39 is 0 Å². The molecule has 0 bridgehead atoms. The normalized spacial score (nSPS) is 10.7. The number of hydrogen-bond donors (Lipinski definition) is 2. The molecule has 0 fully saturated rings. The molecule has 3 aromatic rings. The van der Waals surface area contributed by atoms with Gasteiger partial charge in [0.05, 0.1) is 17.1 Å². The Balaban J connectivity index is 2.04. The third kappa shape index (κ3) is 2.16. The fourth-order valence-corrected chi connectivity index (χ4v) is 2.17. The van der Waals surface area contributed by atoms with Gasteiger partial charge in [-0.2, -0.15) is 0 Å². The summed E-state index contributed by atoms with van der Waals surface area (Å²) in [5.41, 5.74) is 8.70. The predicted octanol–water partition coefficient (Wildman–Crippen LogP) is 4.01. The number of nitrogens with one attached hydrogen (secondary N) is 1. The summed E-state index contributed by atoms with van der Waals surface area (Å²) >= 11 is 0. The van der Waals surface area contributed by atoms with Crippen LogP contribution in [0, 0.1) is 12.7 Å². The third-order valence-corrected chi connectivity index (χ3v) is 3.26. The highest BCUT2D eigenvalue weighted by Gasteiger charge is 2.07. The topological polar surface area (TPSA) is 50.9 Å². The van der Waals surface area contributed by atoms with E-state index in [4.69, 9.17) is 5.73 Å². The van der Waals surface area contributed by atoms with Crippen LogP contribution in [0.15, 0.2) is 48.8 Å². The number of hydrogen-bond acceptors (Lipinski definition) is 3. The van der Waals surface area contributed by atoms with Crippen LogP contribution in [-0.2, 0) is 0 Å². The second kappa shape index (κ2) is 4.81. The van der Waals surface area contributed by atoms with Crippen molar-refractivity contribution in [3.63, 3.8) is 0 Å². The Morgan fingerprint density at radius 3 is 2.70 bits per heavy atom. The molecule has 0 atom stereocenters. The molecule has 0 aliphatic heterocycles. The first kappa shape index (κ1) is 12.4. The van der Waals surface area contributed by atoms with Crippen LogP contribution in [0.3, 0.4) is 0 Å². The number of fused-ring (bicyclic) bond motifs is 1. The number of nitrogens with zero attached hydrogens (tertiary/aromatic N) is 1. The lowest BCUT2D eigenvalue weighted by atomic mass is 10.1. The highest BCUT2D eigenvalue weighted by atomic mass is 19.1. The zero-order valence-corrected chi connectivity index (χ0v) is 11.0. The molecule has 0 aliphatic carbocycles. The van der Waals surface area contributed by atoms with Crippen molar-refractivity contribution in [1.29, 1.82) is 0 Å². The Morgan fingerprint density at radius 2 is 1.90 bits per heavy atom. The van der Waals surface area contributed by atoms with E-state index in [-0.39, 0.29) is 5.82 Å². The standard InChI is InChI=1S/C16H14FN3/c1-10-2-4-14(13(17)8-10)20-15-5-3-11-9-19-7-6-12(11)16(15)18/h2-9,20H,18H2,1H3. The van der Waals surface area contributed by atoms with Crippen LogP contribution in [0.25, 0.3) is 10.8 Å². The van der Waals surface area contributed by atoms with Gasteiger partial charge < -0.3 is 11.1 Å². The number of nitrogens with two attached hydrogens (primary N) is 1. The number of aryl methyl sites for hydroxylation is 1. The van der Waals surface area contributed by atoms with Gasteiger partial charge in [-0.05, 0) is 36.8 Å². The van der Waals surface area contributed by atoms with Crippen LogP contribution in [0.4, 0.5) is 21.5 Å². The number of rotatable bonds is 2. The van der Waals surface area contributed by atoms with Gasteiger partial charge >= 0.3 is 0 Å². The minimum absolute atomic E-state index is 0.292. The first-order chi connectivity index (χ1) is 9.65. The largest absolute Gasteiger partial charge is 0.397 e. The number of nitrogen functional groups attached to an aromatic ring is 1. The van der Waals surface area contributed by atoms with Crippen molar-refractivity contribution in [3.8, 4) is 0 Å². The molecule has 100 valence electrons. The van der Waals surface area contributed by atoms with E-state index in [9.17, 15) is 4.39 Å². The minimum Gasteiger partial charge on any atom is -0.397 e. The van der Waals surface area contributed by atoms with Crippen LogP contribution in [0.2, 0.25) is 0 Å². The Morgan fingerprint density at radius 1 is 1.10 bits per heavy atom. The van der Waals surface area contributed by atoms with Crippen LogP contribution >= 0.6 is 0 Å². The molecular formula is C16H14FN3. The van der Waals surface area contributed by atoms with Crippen LogP contribution < -0.4 is 11.1 Å². The first-order valence-corrected chi connectivity index (χ1v) is 6.30. The molecule has 1 aromatic heterocycles. The van der Waals surface area contributed by atoms with E-state index in [1.165, 1.54) is 6.07 Å². The maximum absolute atomic E-state index is 13.9. The zero-order chi connectivity index (χ0) is 14.1. The lowest BCUT2D eigenvalue weighted by Crippen LogP contribution is -1.99. The lowest BCUT2D eigenvalue weighted by molar-refractivity contribution is 0.631. The van der Waals surface area contributed by atoms with Crippen molar-refractivity contribution in [1.82, 2.24) is 4.98 Å². The molecule has 2 aromatic carbocycles. The summed E-state index contributed by atoms with van der Waals surface area (Å²) in [6.45, 7) is 1.85. The quantitative estimate of drug-likeness (QED) is 0.690. The third-order valence-electron chi connectivity index (χ3n) is 3.26. The highest BCUT2D eigenvalue weighted by Crippen LogP contribution is 2.31. The van der Waals surface area contributed by atoms with Crippen LogP contribution in [-0.4, -0.2) is 4.98 Å². The van der Waals surface area contributed by atoms with Crippen molar-refractivity contribution in [3.05, 3.63) is 60.2 Å². The van der Waals surface area contributed by atoms with Crippen molar-refractivity contribution >= 4 is 27.8 Å². The molecule has 4 heteroatoms. The molecule has 3 rings (SSSR count). The molecule has 0 radical (unpaired) electrons. The molecular weight excluding hydrogens is 253 g/mol. The predicted molar refractivity (Wildman–Crippen MR) is 80.6 cm³/mol. The van der Waals surface area contributed by atoms with Crippen molar-refractivity contribution in [2.75, 3.05) is 11.1 Å². The molecule has 1 heterocycles. The maximum atomic E-state index is 13.9. The Labute approximate surface area is 116 Å². The van der Waals surface area contributed by atoms with E-state index in [1.807, 2.05) is 31.2 Å². The first-order valence-electron chi connectivity index (χ1n) is 6.30. The summed E-state index contributed by atoms with van der Waals surface area (Å²) in [5, 5.41) is 4.90. The number of pyridine rings is 1. The van der Waals surface area contributed by atoms with Crippen LogP contribution in [0.1, 0.15) is 5.56 Å². The average Bonchev–Trinajstić information content (AvgIpc) is 2.45. The van der Waals surface area contributed by atoms with E-state index in [0.29, 0.717) is 17.1 Å². The van der Waals surface area contributed by atoms with Crippen molar-refractivity contribution in [2.45, 2.75) is 6.92 Å². The van der Waals surface area contributed by atoms with Gasteiger partial charge in [0.15, 0.2) is 0 Å². The van der Waals surface area contributed by atoms with Gasteiger partial charge in [-0.1, -0.05) is 12.1 Å². The SMILES string of the molecule is Cc1ccc(Nc2ccc3cnccc3c2N)c(F)c1. The fourth-order valence-electron chi connectivity index (χ4n) is 2.17. The van der Waals surface area contributed by atoms with Gasteiger partial charge in [0.1, 0.15) is 5.82 Å². The van der Waals surface area contributed by atoms with Crippen molar-refractivity contribution in [2.24, 2.45) is 0 Å². The van der Waals surface area contributed by atoms with Gasteiger partial charge in [-0.25, -0.2) is 4.39 Å². The number of benzene rings is 2. The summed E-state index contributed by atoms with van der Waals surface area (Å²) in [6, 6.07) is 10.6. The highest BCUT2D eigenvalue weighted by molar-refractivity contribution is 5.99. The summed E-state index contributed by atoms with van der Waals surface area (Å²) in [5.74, 6) is -0.292. The summed E-state index contributed by atoms with van der Waals surface area (Å²) < 4.78 is 13.9. The van der Waals surface area contributed by atoms with Crippen LogP contribution in [0.5, 0.6) is 0 Å². The zero-order valence-electron chi connectivity index (χ0n) is 11.0. The van der Waals surface area contributed by atoms with Gasteiger partial charge in [0.2, 0.25) is 0 Å². The lowest BCUT2D eigenvalue weighted by Gasteiger charge is -2.12. The minimum atomic E-state index is -0.292. The molecule has 0 unspecified atom stereocenters. The van der Waals surface area contributed by atoms with Gasteiger partial charge in [0.25, 0.3) is 0 Å². The molecule has 0 saturated heterocycles. The van der Waals surface area contributed by atoms with E-state index in [1.54, 1.807) is 18.5 Å². The fraction of sp³-hybridized carbons (Fsp3) is 0.0625.